The second-order valence-corrected chi connectivity index (χ2v) is 6.94. The Morgan fingerprint density at radius 1 is 1.26 bits per heavy atom. The van der Waals surface area contributed by atoms with Crippen LogP contribution in [0.4, 0.5) is 5.82 Å². The van der Waals surface area contributed by atoms with Gasteiger partial charge in [-0.1, -0.05) is 12.1 Å². The van der Waals surface area contributed by atoms with Gasteiger partial charge in [0.25, 0.3) is 0 Å². The molecule has 0 atom stereocenters. The maximum Gasteiger partial charge on any atom is 0.325 e. The average Bonchev–Trinajstić information content (AvgIpc) is 3.22. The number of nitrogens with zero attached hydrogens (tertiary/aromatic N) is 2. The molecule has 0 unspecified atom stereocenters. The molecule has 0 aliphatic carbocycles. The van der Waals surface area contributed by atoms with E-state index < -0.39 is 17.8 Å². The van der Waals surface area contributed by atoms with Crippen molar-refractivity contribution in [2.75, 3.05) is 18.5 Å². The number of fused-ring (bicyclic) bond motifs is 1. The van der Waals surface area contributed by atoms with E-state index in [1.54, 1.807) is 23.4 Å². The molecule has 2 N–H and O–H groups in total. The Morgan fingerprint density at radius 3 is 2.81 bits per heavy atom. The van der Waals surface area contributed by atoms with Gasteiger partial charge in [0, 0.05) is 17.1 Å². The van der Waals surface area contributed by atoms with Crippen LogP contribution in [-0.2, 0) is 30.6 Å². The quantitative estimate of drug-likeness (QED) is 0.595. The van der Waals surface area contributed by atoms with E-state index in [1.165, 1.54) is 0 Å². The number of esters is 1. The first-order valence-corrected chi connectivity index (χ1v) is 9.65. The van der Waals surface area contributed by atoms with E-state index in [-0.39, 0.29) is 13.2 Å². The van der Waals surface area contributed by atoms with E-state index in [4.69, 9.17) is 4.74 Å². The Labute approximate surface area is 160 Å². The lowest BCUT2D eigenvalue weighted by Crippen LogP contribution is -2.39. The van der Waals surface area contributed by atoms with Crippen LogP contribution in [0.25, 0.3) is 5.69 Å². The fourth-order valence-electron chi connectivity index (χ4n) is 2.70. The Balaban J connectivity index is 1.79. The summed E-state index contributed by atoms with van der Waals surface area (Å²) in [5, 5.41) is 9.49. The summed E-state index contributed by atoms with van der Waals surface area (Å²) in [7, 11) is 0. The highest BCUT2D eigenvalue weighted by atomic mass is 32.2. The maximum atomic E-state index is 12.3. The molecule has 0 bridgehead atoms. The van der Waals surface area contributed by atoms with Crippen molar-refractivity contribution in [2.45, 2.75) is 25.4 Å². The number of aromatic nitrogens is 2. The highest BCUT2D eigenvalue weighted by Crippen LogP contribution is 2.36. The third kappa shape index (κ3) is 4.30. The van der Waals surface area contributed by atoms with Crippen LogP contribution in [0, 0.1) is 6.92 Å². The molecule has 0 fully saturated rings. The zero-order chi connectivity index (χ0) is 19.4. The van der Waals surface area contributed by atoms with Gasteiger partial charge in [-0.05, 0) is 31.5 Å². The number of carbonyl (C=O) groups is 3. The van der Waals surface area contributed by atoms with Gasteiger partial charge in [0.2, 0.25) is 0 Å². The average molecular weight is 388 g/mol. The highest BCUT2D eigenvalue weighted by Gasteiger charge is 2.26. The molecule has 1 aromatic carbocycles. The van der Waals surface area contributed by atoms with Crippen LogP contribution in [0.2, 0.25) is 0 Å². The Morgan fingerprint density at radius 2 is 2.07 bits per heavy atom. The molecule has 8 nitrogen and oxygen atoms in total. The van der Waals surface area contributed by atoms with Crippen molar-refractivity contribution in [2.24, 2.45) is 0 Å². The summed E-state index contributed by atoms with van der Waals surface area (Å²) in [6.07, 6.45) is 0. The van der Waals surface area contributed by atoms with E-state index in [9.17, 15) is 14.4 Å². The van der Waals surface area contributed by atoms with Crippen molar-refractivity contribution >= 4 is 35.4 Å². The monoisotopic (exact) mass is 388 g/mol. The number of hydrogen-bond acceptors (Lipinski definition) is 6. The summed E-state index contributed by atoms with van der Waals surface area (Å²) in [6.45, 7) is 3.49. The number of thioether (sulfide) groups is 1. The molecule has 2 amide bonds. The summed E-state index contributed by atoms with van der Waals surface area (Å²) in [5.74, 6) is -0.405. The summed E-state index contributed by atoms with van der Waals surface area (Å²) in [5.41, 5.74) is 3.66. The molecule has 0 radical (unpaired) electrons. The molecule has 0 saturated heterocycles. The minimum atomic E-state index is -0.903. The number of benzene rings is 1. The van der Waals surface area contributed by atoms with Crippen molar-refractivity contribution in [1.29, 1.82) is 0 Å². The lowest BCUT2D eigenvalue weighted by Gasteiger charge is -2.11. The zero-order valence-electron chi connectivity index (χ0n) is 15.1. The smallest absolute Gasteiger partial charge is 0.325 e. The van der Waals surface area contributed by atoms with Gasteiger partial charge in [-0.2, -0.15) is 16.9 Å². The molecule has 1 aliphatic heterocycles. The van der Waals surface area contributed by atoms with E-state index in [1.807, 2.05) is 31.2 Å². The van der Waals surface area contributed by atoms with Crippen LogP contribution in [0.3, 0.4) is 0 Å². The zero-order valence-corrected chi connectivity index (χ0v) is 15.9. The lowest BCUT2D eigenvalue weighted by molar-refractivity contribution is -0.144. The number of nitrogens with one attached hydrogen (secondary N) is 2. The van der Waals surface area contributed by atoms with Crippen LogP contribution in [0.1, 0.15) is 23.7 Å². The van der Waals surface area contributed by atoms with E-state index >= 15 is 0 Å². The van der Waals surface area contributed by atoms with Gasteiger partial charge in [-0.15, -0.1) is 0 Å². The third-order valence-electron chi connectivity index (χ3n) is 3.93. The predicted molar refractivity (Wildman–Crippen MR) is 102 cm³/mol. The molecule has 2 heterocycles. The van der Waals surface area contributed by atoms with E-state index in [0.717, 1.165) is 28.3 Å². The molecule has 0 spiro atoms. The van der Waals surface area contributed by atoms with Crippen LogP contribution in [-0.4, -0.2) is 40.7 Å². The standard InChI is InChI=1S/C18H20N4O4S/c1-3-26-15(23)8-19-17(24)18(25)20-16-13-9-27-10-14(13)21-22(16)12-6-4-5-11(2)7-12/h4-7H,3,8-10H2,1-2H3,(H,19,24)(H,20,25). The largest absolute Gasteiger partial charge is 0.465 e. The van der Waals surface area contributed by atoms with E-state index in [0.29, 0.717) is 11.6 Å². The molecule has 27 heavy (non-hydrogen) atoms. The van der Waals surface area contributed by atoms with Crippen molar-refractivity contribution < 1.29 is 19.1 Å². The molecular weight excluding hydrogens is 368 g/mol. The molecule has 0 saturated carbocycles. The first-order valence-electron chi connectivity index (χ1n) is 8.50. The number of rotatable bonds is 5. The summed E-state index contributed by atoms with van der Waals surface area (Å²) in [4.78, 5) is 35.6. The van der Waals surface area contributed by atoms with Gasteiger partial charge in [-0.25, -0.2) is 4.68 Å². The van der Waals surface area contributed by atoms with Gasteiger partial charge >= 0.3 is 17.8 Å². The molecular formula is C18H20N4O4S. The molecule has 9 heteroatoms. The van der Waals surface area contributed by atoms with Crippen LogP contribution >= 0.6 is 11.8 Å². The minimum Gasteiger partial charge on any atom is -0.465 e. The summed E-state index contributed by atoms with van der Waals surface area (Å²) < 4.78 is 6.37. The maximum absolute atomic E-state index is 12.3. The van der Waals surface area contributed by atoms with Crippen molar-refractivity contribution in [1.82, 2.24) is 15.1 Å². The summed E-state index contributed by atoms with van der Waals surface area (Å²) in [6, 6.07) is 7.71. The topological polar surface area (TPSA) is 102 Å². The van der Waals surface area contributed by atoms with Crippen molar-refractivity contribution in [3.63, 3.8) is 0 Å². The Kier molecular flexibility index (Phi) is 5.80. The molecule has 3 rings (SSSR count). The summed E-state index contributed by atoms with van der Waals surface area (Å²) >= 11 is 1.70. The molecule has 142 valence electrons. The number of carbonyl (C=O) groups excluding carboxylic acids is 3. The number of amides is 2. The first kappa shape index (κ1) is 19.0. The fourth-order valence-corrected chi connectivity index (χ4v) is 3.73. The lowest BCUT2D eigenvalue weighted by atomic mass is 10.2. The predicted octanol–water partition coefficient (Wildman–Crippen LogP) is 1.55. The van der Waals surface area contributed by atoms with Gasteiger partial charge in [0.05, 0.1) is 18.0 Å². The van der Waals surface area contributed by atoms with Crippen LogP contribution in [0.15, 0.2) is 24.3 Å². The van der Waals surface area contributed by atoms with Gasteiger partial charge in [-0.3, -0.25) is 14.4 Å². The van der Waals surface area contributed by atoms with Crippen molar-refractivity contribution in [3.8, 4) is 5.69 Å². The van der Waals surface area contributed by atoms with Crippen LogP contribution < -0.4 is 10.6 Å². The van der Waals surface area contributed by atoms with Gasteiger partial charge in [0.15, 0.2) is 0 Å². The van der Waals surface area contributed by atoms with E-state index in [2.05, 4.69) is 15.7 Å². The van der Waals surface area contributed by atoms with Gasteiger partial charge < -0.3 is 15.4 Å². The van der Waals surface area contributed by atoms with Crippen molar-refractivity contribution in [3.05, 3.63) is 41.1 Å². The SMILES string of the molecule is CCOC(=O)CNC(=O)C(=O)Nc1c2c(nn1-c1cccc(C)c1)CSC2. The van der Waals surface area contributed by atoms with Crippen LogP contribution in [0.5, 0.6) is 0 Å². The molecule has 1 aromatic heterocycles. The fraction of sp³-hybridized carbons (Fsp3) is 0.333. The second-order valence-electron chi connectivity index (χ2n) is 5.96. The highest BCUT2D eigenvalue weighted by molar-refractivity contribution is 7.98. The Hall–Kier alpha value is -2.81. The minimum absolute atomic E-state index is 0.209. The number of ether oxygens (including phenoxy) is 1. The van der Waals surface area contributed by atoms with Gasteiger partial charge in [0.1, 0.15) is 12.4 Å². The number of anilines is 1. The second kappa shape index (κ2) is 8.26. The third-order valence-corrected chi connectivity index (χ3v) is 4.91. The number of aryl methyl sites for hydroxylation is 1. The number of hydrogen-bond donors (Lipinski definition) is 2. The first-order chi connectivity index (χ1) is 13.0. The molecule has 2 aromatic rings. The Bertz CT molecular complexity index is 893. The normalized spacial score (nSPS) is 12.4. The molecule has 1 aliphatic rings.